The Morgan fingerprint density at radius 1 is 0.923 bits per heavy atom. The average molecular weight is 404 g/mol. The highest BCUT2D eigenvalue weighted by Gasteiger charge is 2.40. The van der Waals surface area contributed by atoms with Gasteiger partial charge in [0.15, 0.2) is 0 Å². The van der Waals surface area contributed by atoms with E-state index < -0.39 is 45.1 Å². The molecule has 134 valence electrons. The molecule has 0 aromatic heterocycles. The first kappa shape index (κ1) is 18.2. The Kier molecular flexibility index (Phi) is 4.41. The molecule has 0 spiro atoms. The fraction of sp³-hybridized carbons (Fsp3) is 0.0625. The molecular weight excluding hydrogens is 398 g/mol. The maximum absolute atomic E-state index is 12.8. The van der Waals surface area contributed by atoms with Crippen molar-refractivity contribution in [2.24, 2.45) is 0 Å². The van der Waals surface area contributed by atoms with E-state index in [0.717, 1.165) is 6.07 Å². The van der Waals surface area contributed by atoms with Crippen LogP contribution in [0.3, 0.4) is 0 Å². The van der Waals surface area contributed by atoms with E-state index in [9.17, 15) is 27.6 Å². The molecule has 0 aliphatic carbocycles. The monoisotopic (exact) mass is 403 g/mol. The molecule has 0 bridgehead atoms. The van der Waals surface area contributed by atoms with E-state index in [0.29, 0.717) is 6.07 Å². The Balaban J connectivity index is 1.90. The summed E-state index contributed by atoms with van der Waals surface area (Å²) in [7, 11) is 0. The zero-order chi connectivity index (χ0) is 19.2. The standard InChI is InChI=1S/C16H6Cl2F3NO4/c17-11-9(5-6-10(12(11)18)16(19,20)21)15(25)26-22-13(23)7-3-1-2-4-8(7)14(22)24/h1-6H. The normalized spacial score (nSPS) is 13.8. The summed E-state index contributed by atoms with van der Waals surface area (Å²) in [4.78, 5) is 41.2. The largest absolute Gasteiger partial charge is 0.417 e. The molecule has 0 N–H and O–H groups in total. The van der Waals surface area contributed by atoms with Crippen molar-refractivity contribution in [1.82, 2.24) is 5.06 Å². The number of benzene rings is 2. The molecule has 5 nitrogen and oxygen atoms in total. The van der Waals surface area contributed by atoms with Gasteiger partial charge in [0.2, 0.25) is 0 Å². The molecule has 0 saturated carbocycles. The number of fused-ring (bicyclic) bond motifs is 1. The molecule has 0 saturated heterocycles. The lowest BCUT2D eigenvalue weighted by atomic mass is 10.1. The van der Waals surface area contributed by atoms with Crippen LogP contribution >= 0.6 is 23.2 Å². The molecule has 26 heavy (non-hydrogen) atoms. The maximum Gasteiger partial charge on any atom is 0.417 e. The lowest BCUT2D eigenvalue weighted by Gasteiger charge is -2.15. The minimum Gasteiger partial charge on any atom is -0.324 e. The van der Waals surface area contributed by atoms with Gasteiger partial charge in [-0.15, -0.1) is 0 Å². The van der Waals surface area contributed by atoms with Crippen molar-refractivity contribution >= 4 is 41.0 Å². The summed E-state index contributed by atoms with van der Waals surface area (Å²) in [5, 5.41) is -1.38. The first-order chi connectivity index (χ1) is 12.1. The van der Waals surface area contributed by atoms with Gasteiger partial charge >= 0.3 is 12.1 Å². The smallest absolute Gasteiger partial charge is 0.324 e. The summed E-state index contributed by atoms with van der Waals surface area (Å²) in [6.07, 6.45) is -4.77. The van der Waals surface area contributed by atoms with Crippen LogP contribution in [0.15, 0.2) is 36.4 Å². The number of carbonyl (C=O) groups is 3. The predicted octanol–water partition coefficient (Wildman–Crippen LogP) is 4.38. The fourth-order valence-corrected chi connectivity index (χ4v) is 2.82. The molecule has 0 radical (unpaired) electrons. The maximum atomic E-state index is 12.8. The highest BCUT2D eigenvalue weighted by Crippen LogP contribution is 2.39. The van der Waals surface area contributed by atoms with Crippen molar-refractivity contribution in [2.45, 2.75) is 6.18 Å². The van der Waals surface area contributed by atoms with E-state index in [2.05, 4.69) is 0 Å². The number of rotatable bonds is 2. The highest BCUT2D eigenvalue weighted by atomic mass is 35.5. The van der Waals surface area contributed by atoms with Gasteiger partial charge in [0, 0.05) is 0 Å². The molecule has 2 aromatic carbocycles. The summed E-state index contributed by atoms with van der Waals surface area (Å²) in [5.74, 6) is -3.07. The second kappa shape index (κ2) is 6.30. The average Bonchev–Trinajstić information content (AvgIpc) is 2.81. The van der Waals surface area contributed by atoms with Crippen molar-refractivity contribution < 1.29 is 32.4 Å². The van der Waals surface area contributed by atoms with Crippen LogP contribution in [0.4, 0.5) is 13.2 Å². The van der Waals surface area contributed by atoms with Crippen LogP contribution in [0, 0.1) is 0 Å². The van der Waals surface area contributed by atoms with E-state index in [1.807, 2.05) is 0 Å². The summed E-state index contributed by atoms with van der Waals surface area (Å²) < 4.78 is 38.4. The van der Waals surface area contributed by atoms with Gasteiger partial charge < -0.3 is 4.84 Å². The molecule has 0 fully saturated rings. The Hall–Kier alpha value is -2.58. The predicted molar refractivity (Wildman–Crippen MR) is 83.8 cm³/mol. The van der Waals surface area contributed by atoms with Crippen LogP contribution in [0.1, 0.15) is 36.6 Å². The summed E-state index contributed by atoms with van der Waals surface area (Å²) in [6.45, 7) is 0. The van der Waals surface area contributed by atoms with Crippen molar-refractivity contribution in [2.75, 3.05) is 0 Å². The number of halogens is 5. The van der Waals surface area contributed by atoms with Gasteiger partial charge in [-0.3, -0.25) is 9.59 Å². The first-order valence-corrected chi connectivity index (χ1v) is 7.64. The van der Waals surface area contributed by atoms with Crippen LogP contribution in [0.2, 0.25) is 10.0 Å². The number of carbonyl (C=O) groups excluding carboxylic acids is 3. The fourth-order valence-electron chi connectivity index (χ4n) is 2.31. The van der Waals surface area contributed by atoms with Gasteiger partial charge in [-0.05, 0) is 24.3 Å². The lowest BCUT2D eigenvalue weighted by molar-refractivity contribution is -0.137. The number of hydrogen-bond acceptors (Lipinski definition) is 4. The third-order valence-electron chi connectivity index (χ3n) is 3.54. The number of nitrogens with zero attached hydrogens (tertiary/aromatic N) is 1. The van der Waals surface area contributed by atoms with E-state index in [-0.39, 0.29) is 16.2 Å². The second-order valence-corrected chi connectivity index (χ2v) is 5.87. The molecular formula is C16H6Cl2F3NO4. The van der Waals surface area contributed by atoms with E-state index in [4.69, 9.17) is 28.0 Å². The van der Waals surface area contributed by atoms with Gasteiger partial charge in [-0.2, -0.15) is 13.2 Å². The molecule has 1 aliphatic heterocycles. The topological polar surface area (TPSA) is 63.7 Å². The summed E-state index contributed by atoms with van der Waals surface area (Å²) in [6, 6.07) is 7.06. The van der Waals surface area contributed by atoms with Crippen LogP contribution < -0.4 is 0 Å². The third kappa shape index (κ3) is 2.91. The van der Waals surface area contributed by atoms with Crippen molar-refractivity contribution in [1.29, 1.82) is 0 Å². The molecule has 1 aliphatic rings. The van der Waals surface area contributed by atoms with Crippen LogP contribution in [0.25, 0.3) is 0 Å². The Labute approximate surface area is 153 Å². The molecule has 0 unspecified atom stereocenters. The minimum atomic E-state index is -4.77. The number of hydrogen-bond donors (Lipinski definition) is 0. The minimum absolute atomic E-state index is 0.0295. The molecule has 0 atom stereocenters. The van der Waals surface area contributed by atoms with E-state index in [1.54, 1.807) is 0 Å². The molecule has 2 aromatic rings. The summed E-state index contributed by atoms with van der Waals surface area (Å²) in [5.41, 5.74) is -1.70. The highest BCUT2D eigenvalue weighted by molar-refractivity contribution is 6.44. The number of amides is 2. The van der Waals surface area contributed by atoms with Crippen molar-refractivity contribution in [3.63, 3.8) is 0 Å². The van der Waals surface area contributed by atoms with Gasteiger partial charge in [0.1, 0.15) is 0 Å². The van der Waals surface area contributed by atoms with Gasteiger partial charge in [0.05, 0.1) is 32.3 Å². The molecule has 2 amide bonds. The third-order valence-corrected chi connectivity index (χ3v) is 4.42. The second-order valence-electron chi connectivity index (χ2n) is 5.12. The quantitative estimate of drug-likeness (QED) is 0.698. The Morgan fingerprint density at radius 3 is 1.96 bits per heavy atom. The van der Waals surface area contributed by atoms with Gasteiger partial charge in [0.25, 0.3) is 11.8 Å². The van der Waals surface area contributed by atoms with Gasteiger partial charge in [-0.25, -0.2) is 4.79 Å². The van der Waals surface area contributed by atoms with Gasteiger partial charge in [-0.1, -0.05) is 40.4 Å². The zero-order valence-electron chi connectivity index (χ0n) is 12.4. The summed E-state index contributed by atoms with van der Waals surface area (Å²) >= 11 is 11.3. The molecule has 3 rings (SSSR count). The van der Waals surface area contributed by atoms with Crippen LogP contribution in [-0.2, 0) is 11.0 Å². The SMILES string of the molecule is O=C(ON1C(=O)c2ccccc2C1=O)c1ccc(C(F)(F)F)c(Cl)c1Cl. The zero-order valence-corrected chi connectivity index (χ0v) is 13.9. The lowest BCUT2D eigenvalue weighted by Crippen LogP contribution is -2.32. The Morgan fingerprint density at radius 2 is 1.46 bits per heavy atom. The number of imide groups is 1. The van der Waals surface area contributed by atoms with Crippen molar-refractivity contribution in [3.8, 4) is 0 Å². The van der Waals surface area contributed by atoms with E-state index >= 15 is 0 Å². The van der Waals surface area contributed by atoms with Crippen LogP contribution in [-0.4, -0.2) is 22.8 Å². The van der Waals surface area contributed by atoms with E-state index in [1.165, 1.54) is 24.3 Å². The Bertz CT molecular complexity index is 924. The number of alkyl halides is 3. The molecule has 10 heteroatoms. The molecule has 1 heterocycles. The number of hydroxylamine groups is 2. The first-order valence-electron chi connectivity index (χ1n) is 6.88. The van der Waals surface area contributed by atoms with Crippen molar-refractivity contribution in [3.05, 3.63) is 68.7 Å². The van der Waals surface area contributed by atoms with Crippen LogP contribution in [0.5, 0.6) is 0 Å².